The van der Waals surface area contributed by atoms with Gasteiger partial charge >= 0.3 is 6.18 Å². The zero-order valence-corrected chi connectivity index (χ0v) is 10.4. The van der Waals surface area contributed by atoms with Crippen LogP contribution in [0.4, 0.5) is 13.2 Å². The smallest absolute Gasteiger partial charge is 0.402 e. The van der Waals surface area contributed by atoms with Crippen molar-refractivity contribution in [2.24, 2.45) is 10.9 Å². The molecule has 0 aliphatic carbocycles. The van der Waals surface area contributed by atoms with E-state index in [9.17, 15) is 21.6 Å². The molecule has 0 spiro atoms. The molecule has 0 rings (SSSR count). The molecule has 0 radical (unpaired) electrons. The molecule has 0 aromatic heterocycles. The molecule has 0 aliphatic heterocycles. The van der Waals surface area contributed by atoms with Gasteiger partial charge in [-0.2, -0.15) is 30.6 Å². The normalized spacial score (nSPS) is 14.2. The second-order valence-electron chi connectivity index (χ2n) is 3.27. The zero-order chi connectivity index (χ0) is 14.4. The molecule has 0 bridgehead atoms. The van der Waals surface area contributed by atoms with Gasteiger partial charge in [-0.15, -0.1) is 0 Å². The van der Waals surface area contributed by atoms with Gasteiger partial charge in [0.2, 0.25) is 0 Å². The Morgan fingerprint density at radius 2 is 2.06 bits per heavy atom. The number of amidine groups is 1. The van der Waals surface area contributed by atoms with Gasteiger partial charge in [-0.25, -0.2) is 0 Å². The molecular formula is C7H15F3N4O3S. The first-order valence-electron chi connectivity index (χ1n) is 4.90. The summed E-state index contributed by atoms with van der Waals surface area (Å²) in [7, 11) is -4.24. The average molecular weight is 292 g/mol. The van der Waals surface area contributed by atoms with Crippen LogP contribution in [-0.2, 0) is 10.2 Å². The Balaban J connectivity index is 4.53. The minimum atomic E-state index is -4.63. The van der Waals surface area contributed by atoms with Gasteiger partial charge < -0.3 is 10.9 Å². The standard InChI is InChI=1S/C7H15F3N4O3S/c1-2-14(4-3-6(11)13-15)18(16,17)12-5-7(8,9)10/h12,15H,2-5H2,1H3,(H2,11,13). The summed E-state index contributed by atoms with van der Waals surface area (Å²) in [6, 6.07) is 0. The lowest BCUT2D eigenvalue weighted by Gasteiger charge is -2.20. The number of nitrogens with zero attached hydrogens (tertiary/aromatic N) is 2. The van der Waals surface area contributed by atoms with Gasteiger partial charge in [0.25, 0.3) is 10.2 Å². The number of nitrogens with two attached hydrogens (primary N) is 1. The Bertz CT molecular complexity index is 382. The topological polar surface area (TPSA) is 108 Å². The average Bonchev–Trinajstić information content (AvgIpc) is 2.26. The molecule has 11 heteroatoms. The second kappa shape index (κ2) is 6.75. The maximum atomic E-state index is 11.9. The van der Waals surface area contributed by atoms with E-state index in [0.29, 0.717) is 0 Å². The maximum Gasteiger partial charge on any atom is 0.402 e. The number of halogens is 3. The van der Waals surface area contributed by atoms with Crippen LogP contribution in [0.15, 0.2) is 5.16 Å². The van der Waals surface area contributed by atoms with E-state index in [1.54, 1.807) is 0 Å². The van der Waals surface area contributed by atoms with E-state index in [1.807, 2.05) is 0 Å². The van der Waals surface area contributed by atoms with Crippen LogP contribution in [0.1, 0.15) is 13.3 Å². The van der Waals surface area contributed by atoms with Crippen LogP contribution in [0.25, 0.3) is 0 Å². The van der Waals surface area contributed by atoms with E-state index in [0.717, 1.165) is 4.31 Å². The molecule has 0 saturated carbocycles. The van der Waals surface area contributed by atoms with E-state index >= 15 is 0 Å². The van der Waals surface area contributed by atoms with E-state index in [4.69, 9.17) is 10.9 Å². The Hall–Kier alpha value is -1.07. The Morgan fingerprint density at radius 3 is 2.44 bits per heavy atom. The third-order valence-corrected chi connectivity index (χ3v) is 3.52. The fourth-order valence-electron chi connectivity index (χ4n) is 1.00. The third kappa shape index (κ3) is 6.61. The molecule has 7 nitrogen and oxygen atoms in total. The Morgan fingerprint density at radius 1 is 1.50 bits per heavy atom. The molecule has 0 atom stereocenters. The first kappa shape index (κ1) is 16.9. The maximum absolute atomic E-state index is 11.9. The van der Waals surface area contributed by atoms with Crippen molar-refractivity contribution >= 4 is 16.0 Å². The Labute approximate surface area is 103 Å². The first-order valence-corrected chi connectivity index (χ1v) is 6.34. The fourth-order valence-corrected chi connectivity index (χ4v) is 2.20. The van der Waals surface area contributed by atoms with Crippen molar-refractivity contribution < 1.29 is 26.8 Å². The SMILES string of the molecule is CCN(CCC(N)=NO)S(=O)(=O)NCC(F)(F)F. The minimum absolute atomic E-state index is 0.0358. The van der Waals surface area contributed by atoms with Crippen molar-refractivity contribution in [3.8, 4) is 0 Å². The monoisotopic (exact) mass is 292 g/mol. The second-order valence-corrected chi connectivity index (χ2v) is 5.03. The van der Waals surface area contributed by atoms with Crippen molar-refractivity contribution in [3.05, 3.63) is 0 Å². The molecule has 0 aromatic carbocycles. The largest absolute Gasteiger partial charge is 0.409 e. The van der Waals surface area contributed by atoms with Gasteiger partial charge in [0.1, 0.15) is 12.4 Å². The predicted octanol–water partition coefficient (Wildman–Crippen LogP) is -0.159. The summed E-state index contributed by atoms with van der Waals surface area (Å²) < 4.78 is 60.9. The van der Waals surface area contributed by atoms with Crippen LogP contribution in [0.5, 0.6) is 0 Å². The highest BCUT2D eigenvalue weighted by atomic mass is 32.2. The lowest BCUT2D eigenvalue weighted by Crippen LogP contribution is -2.45. The summed E-state index contributed by atoms with van der Waals surface area (Å²) in [6.45, 7) is -0.403. The van der Waals surface area contributed by atoms with Gasteiger partial charge in [0.05, 0.1) is 0 Å². The quantitative estimate of drug-likeness (QED) is 0.262. The summed E-state index contributed by atoms with van der Waals surface area (Å²) in [4.78, 5) is 0. The lowest BCUT2D eigenvalue weighted by molar-refractivity contribution is -0.121. The van der Waals surface area contributed by atoms with E-state index in [1.165, 1.54) is 11.6 Å². The summed E-state index contributed by atoms with van der Waals surface area (Å²) in [5.74, 6) is -0.209. The first-order chi connectivity index (χ1) is 8.12. The Kier molecular flexibility index (Phi) is 6.35. The van der Waals surface area contributed by atoms with Crippen LogP contribution in [0.3, 0.4) is 0 Å². The van der Waals surface area contributed by atoms with Gasteiger partial charge in [0, 0.05) is 19.5 Å². The molecule has 0 fully saturated rings. The number of alkyl halides is 3. The molecule has 0 aliphatic rings. The van der Waals surface area contributed by atoms with E-state index in [-0.39, 0.29) is 25.3 Å². The van der Waals surface area contributed by atoms with E-state index < -0.39 is 22.9 Å². The third-order valence-electron chi connectivity index (χ3n) is 1.89. The molecule has 0 saturated heterocycles. The minimum Gasteiger partial charge on any atom is -0.409 e. The lowest BCUT2D eigenvalue weighted by atomic mass is 10.4. The van der Waals surface area contributed by atoms with Crippen LogP contribution >= 0.6 is 0 Å². The highest BCUT2D eigenvalue weighted by Gasteiger charge is 2.31. The summed E-state index contributed by atoms with van der Waals surface area (Å²) in [6.07, 6.45) is -4.71. The number of hydrogen-bond donors (Lipinski definition) is 3. The summed E-state index contributed by atoms with van der Waals surface area (Å²) in [5, 5.41) is 10.9. The number of rotatable bonds is 7. The summed E-state index contributed by atoms with van der Waals surface area (Å²) >= 11 is 0. The van der Waals surface area contributed by atoms with Gasteiger partial charge in [-0.05, 0) is 0 Å². The molecule has 18 heavy (non-hydrogen) atoms. The van der Waals surface area contributed by atoms with Crippen molar-refractivity contribution in [2.75, 3.05) is 19.6 Å². The van der Waals surface area contributed by atoms with Crippen molar-refractivity contribution in [2.45, 2.75) is 19.5 Å². The molecule has 0 amide bonds. The molecule has 0 heterocycles. The zero-order valence-electron chi connectivity index (χ0n) is 9.61. The van der Waals surface area contributed by atoms with Crippen LogP contribution in [0.2, 0.25) is 0 Å². The molecule has 0 unspecified atom stereocenters. The highest BCUT2D eigenvalue weighted by Crippen LogP contribution is 2.13. The van der Waals surface area contributed by atoms with Crippen LogP contribution in [0, 0.1) is 0 Å². The number of hydrogen-bond acceptors (Lipinski definition) is 4. The van der Waals surface area contributed by atoms with Crippen molar-refractivity contribution in [1.82, 2.24) is 9.03 Å². The van der Waals surface area contributed by atoms with Crippen molar-refractivity contribution in [1.29, 1.82) is 0 Å². The number of oxime groups is 1. The molecule has 108 valence electrons. The van der Waals surface area contributed by atoms with Gasteiger partial charge in [0.15, 0.2) is 0 Å². The molecule has 0 aromatic rings. The van der Waals surface area contributed by atoms with Crippen molar-refractivity contribution in [3.63, 3.8) is 0 Å². The van der Waals surface area contributed by atoms with Gasteiger partial charge in [-0.3, -0.25) is 0 Å². The summed E-state index contributed by atoms with van der Waals surface area (Å²) in [5.41, 5.74) is 5.14. The predicted molar refractivity (Wildman–Crippen MR) is 58.3 cm³/mol. The van der Waals surface area contributed by atoms with Crippen LogP contribution < -0.4 is 10.5 Å². The van der Waals surface area contributed by atoms with Crippen LogP contribution in [-0.4, -0.2) is 49.6 Å². The van der Waals surface area contributed by atoms with E-state index in [2.05, 4.69) is 5.16 Å². The fraction of sp³-hybridized carbons (Fsp3) is 0.857. The highest BCUT2D eigenvalue weighted by molar-refractivity contribution is 7.87. The van der Waals surface area contributed by atoms with Gasteiger partial charge in [-0.1, -0.05) is 12.1 Å². The molecular weight excluding hydrogens is 277 g/mol. The number of nitrogens with one attached hydrogen (secondary N) is 1. The molecule has 4 N–H and O–H groups in total.